The zero-order valence-electron chi connectivity index (χ0n) is 16.4. The number of aromatic nitrogens is 2. The predicted molar refractivity (Wildman–Crippen MR) is 107 cm³/mol. The lowest BCUT2D eigenvalue weighted by Gasteiger charge is -2.28. The first kappa shape index (κ1) is 19.3. The van der Waals surface area contributed by atoms with Crippen molar-refractivity contribution < 1.29 is 13.9 Å². The van der Waals surface area contributed by atoms with Crippen LogP contribution in [-0.4, -0.2) is 27.9 Å². The lowest BCUT2D eigenvalue weighted by Crippen LogP contribution is -2.40. The van der Waals surface area contributed by atoms with Crippen LogP contribution in [0.25, 0.3) is 0 Å². The molecule has 1 amide bonds. The van der Waals surface area contributed by atoms with Gasteiger partial charge in [-0.05, 0) is 68.6 Å². The third-order valence-electron chi connectivity index (χ3n) is 5.95. The molecule has 150 valence electrons. The van der Waals surface area contributed by atoms with Crippen molar-refractivity contribution in [3.63, 3.8) is 0 Å². The molecule has 28 heavy (non-hydrogen) atoms. The molecule has 0 saturated heterocycles. The maximum atomic E-state index is 12.3. The van der Waals surface area contributed by atoms with Crippen LogP contribution in [0.15, 0.2) is 33.9 Å². The van der Waals surface area contributed by atoms with E-state index in [1.807, 2.05) is 31.2 Å². The van der Waals surface area contributed by atoms with E-state index in [9.17, 15) is 4.79 Å². The van der Waals surface area contributed by atoms with Gasteiger partial charge in [-0.2, -0.15) is 0 Å². The summed E-state index contributed by atoms with van der Waals surface area (Å²) in [4.78, 5) is 12.3. The number of nitrogens with zero attached hydrogens (tertiary/aromatic N) is 2. The molecule has 1 N–H and O–H groups in total. The van der Waals surface area contributed by atoms with Crippen molar-refractivity contribution in [1.82, 2.24) is 15.5 Å². The molecule has 4 rings (SSSR count). The lowest BCUT2D eigenvalue weighted by molar-refractivity contribution is -0.119. The summed E-state index contributed by atoms with van der Waals surface area (Å²) >= 11 is 1.27. The number of ether oxygens (including phenoxy) is 1. The number of thioether (sulfide) groups is 1. The number of carbonyl (C=O) groups is 1. The van der Waals surface area contributed by atoms with Crippen LogP contribution >= 0.6 is 11.8 Å². The molecule has 4 atom stereocenters. The zero-order valence-corrected chi connectivity index (χ0v) is 17.2. The first-order chi connectivity index (χ1) is 13.6. The standard InChI is InChI=1S/C21H27N3O3S/c1-13-4-3-5-17(8-13)26-11-20-23-24-21(27-20)28-12-19(25)22-14(2)18-10-15-6-7-16(18)9-15/h3-5,8,14-16,18H,6-7,9-12H2,1-2H3,(H,22,25). The van der Waals surface area contributed by atoms with Gasteiger partial charge in [0.2, 0.25) is 5.91 Å². The van der Waals surface area contributed by atoms with Crippen LogP contribution in [0.2, 0.25) is 0 Å². The third kappa shape index (κ3) is 4.69. The number of hydrogen-bond acceptors (Lipinski definition) is 6. The van der Waals surface area contributed by atoms with Crippen molar-refractivity contribution in [3.8, 4) is 5.75 Å². The summed E-state index contributed by atoms with van der Waals surface area (Å²) < 4.78 is 11.2. The Morgan fingerprint density at radius 3 is 3.00 bits per heavy atom. The van der Waals surface area contributed by atoms with Gasteiger partial charge in [-0.3, -0.25) is 4.79 Å². The van der Waals surface area contributed by atoms with Crippen LogP contribution in [0.4, 0.5) is 0 Å². The third-order valence-corrected chi connectivity index (χ3v) is 6.77. The average Bonchev–Trinajstić information content (AvgIpc) is 3.41. The molecule has 0 spiro atoms. The molecule has 4 unspecified atom stereocenters. The van der Waals surface area contributed by atoms with Gasteiger partial charge in [0, 0.05) is 6.04 Å². The first-order valence-corrected chi connectivity index (χ1v) is 11.0. The SMILES string of the molecule is Cc1cccc(OCc2nnc(SCC(=O)NC(C)C3CC4CCC3C4)o2)c1. The summed E-state index contributed by atoms with van der Waals surface area (Å²) in [7, 11) is 0. The smallest absolute Gasteiger partial charge is 0.277 e. The van der Waals surface area contributed by atoms with Gasteiger partial charge in [-0.15, -0.1) is 10.2 Å². The number of carbonyl (C=O) groups excluding carboxylic acids is 1. The molecule has 0 aliphatic heterocycles. The Balaban J connectivity index is 1.20. The van der Waals surface area contributed by atoms with Gasteiger partial charge in [0.1, 0.15) is 5.75 Å². The Morgan fingerprint density at radius 2 is 2.25 bits per heavy atom. The minimum Gasteiger partial charge on any atom is -0.484 e. The van der Waals surface area contributed by atoms with Gasteiger partial charge in [-0.1, -0.05) is 30.3 Å². The number of aryl methyl sites for hydroxylation is 1. The quantitative estimate of drug-likeness (QED) is 0.674. The topological polar surface area (TPSA) is 77.2 Å². The van der Waals surface area contributed by atoms with Gasteiger partial charge >= 0.3 is 0 Å². The van der Waals surface area contributed by atoms with E-state index in [0.717, 1.165) is 23.1 Å². The van der Waals surface area contributed by atoms with Gasteiger partial charge in [-0.25, -0.2) is 0 Å². The van der Waals surface area contributed by atoms with Crippen LogP contribution < -0.4 is 10.1 Å². The fourth-order valence-corrected chi connectivity index (χ4v) is 5.23. The largest absolute Gasteiger partial charge is 0.484 e. The summed E-state index contributed by atoms with van der Waals surface area (Å²) in [6, 6.07) is 8.03. The molecular formula is C21H27N3O3S. The molecule has 1 aromatic carbocycles. The fraction of sp³-hybridized carbons (Fsp3) is 0.571. The summed E-state index contributed by atoms with van der Waals surface area (Å²) in [6.07, 6.45) is 5.34. The summed E-state index contributed by atoms with van der Waals surface area (Å²) in [5, 5.41) is 11.5. The monoisotopic (exact) mass is 401 g/mol. The molecule has 2 fully saturated rings. The van der Waals surface area contributed by atoms with E-state index in [-0.39, 0.29) is 24.3 Å². The van der Waals surface area contributed by atoms with Gasteiger partial charge in [0.15, 0.2) is 6.61 Å². The first-order valence-electron chi connectivity index (χ1n) is 10.0. The lowest BCUT2D eigenvalue weighted by atomic mass is 9.84. The van der Waals surface area contributed by atoms with Crippen molar-refractivity contribution in [2.24, 2.45) is 17.8 Å². The molecule has 1 heterocycles. The number of rotatable bonds is 8. The van der Waals surface area contributed by atoms with Crippen molar-refractivity contribution in [1.29, 1.82) is 0 Å². The fourth-order valence-electron chi connectivity index (χ4n) is 4.64. The van der Waals surface area contributed by atoms with Gasteiger partial charge in [0.25, 0.3) is 11.1 Å². The molecule has 0 radical (unpaired) electrons. The second-order valence-electron chi connectivity index (χ2n) is 8.05. The van der Waals surface area contributed by atoms with E-state index in [2.05, 4.69) is 22.4 Å². The average molecular weight is 402 g/mol. The minimum absolute atomic E-state index is 0.0241. The number of hydrogen-bond donors (Lipinski definition) is 1. The van der Waals surface area contributed by atoms with Crippen LogP contribution in [0.3, 0.4) is 0 Å². The van der Waals surface area contributed by atoms with E-state index >= 15 is 0 Å². The van der Waals surface area contributed by atoms with Crippen molar-refractivity contribution in [2.75, 3.05) is 5.75 Å². The molecule has 2 bridgehead atoms. The Morgan fingerprint density at radius 1 is 1.36 bits per heavy atom. The normalized spacial score (nSPS) is 24.3. The molecule has 2 aliphatic rings. The molecule has 7 heteroatoms. The van der Waals surface area contributed by atoms with Crippen LogP contribution in [-0.2, 0) is 11.4 Å². The summed E-state index contributed by atoms with van der Waals surface area (Å²) in [6.45, 7) is 4.36. The van der Waals surface area contributed by atoms with Gasteiger partial charge in [0.05, 0.1) is 5.75 Å². The number of fused-ring (bicyclic) bond motifs is 2. The second kappa shape index (κ2) is 8.55. The maximum absolute atomic E-state index is 12.3. The maximum Gasteiger partial charge on any atom is 0.277 e. The molecule has 2 aromatic rings. The van der Waals surface area contributed by atoms with E-state index < -0.39 is 0 Å². The Bertz CT molecular complexity index is 825. The van der Waals surface area contributed by atoms with Crippen LogP contribution in [0, 0.1) is 24.7 Å². The highest BCUT2D eigenvalue weighted by molar-refractivity contribution is 7.99. The highest BCUT2D eigenvalue weighted by Gasteiger charge is 2.42. The number of nitrogens with one attached hydrogen (secondary N) is 1. The van der Waals surface area contributed by atoms with E-state index in [0.29, 0.717) is 17.0 Å². The molecule has 6 nitrogen and oxygen atoms in total. The molecule has 2 aliphatic carbocycles. The van der Waals surface area contributed by atoms with E-state index in [1.165, 1.54) is 37.4 Å². The van der Waals surface area contributed by atoms with Crippen molar-refractivity contribution in [2.45, 2.75) is 57.4 Å². The highest BCUT2D eigenvalue weighted by Crippen LogP contribution is 2.49. The second-order valence-corrected chi connectivity index (χ2v) is 8.98. The van der Waals surface area contributed by atoms with E-state index in [1.54, 1.807) is 0 Å². The van der Waals surface area contributed by atoms with Crippen molar-refractivity contribution in [3.05, 3.63) is 35.7 Å². The van der Waals surface area contributed by atoms with Gasteiger partial charge < -0.3 is 14.5 Å². The van der Waals surface area contributed by atoms with Crippen LogP contribution in [0.5, 0.6) is 5.75 Å². The Labute approximate surface area is 169 Å². The molecule has 2 saturated carbocycles. The van der Waals surface area contributed by atoms with Crippen LogP contribution in [0.1, 0.15) is 44.1 Å². The predicted octanol–water partition coefficient (Wildman–Crippen LogP) is 3.99. The number of amides is 1. The highest BCUT2D eigenvalue weighted by atomic mass is 32.2. The minimum atomic E-state index is 0.0241. The van der Waals surface area contributed by atoms with Crippen molar-refractivity contribution >= 4 is 17.7 Å². The molecular weight excluding hydrogens is 374 g/mol. The van der Waals surface area contributed by atoms with E-state index in [4.69, 9.17) is 9.15 Å². The summed E-state index contributed by atoms with van der Waals surface area (Å²) in [5.74, 6) is 3.81. The molecule has 1 aromatic heterocycles. The summed E-state index contributed by atoms with van der Waals surface area (Å²) in [5.41, 5.74) is 1.13. The number of benzene rings is 1. The Hall–Kier alpha value is -2.02. The zero-order chi connectivity index (χ0) is 19.5. The Kier molecular flexibility index (Phi) is 5.90.